The lowest BCUT2D eigenvalue weighted by molar-refractivity contribution is 0.399. The first-order chi connectivity index (χ1) is 5.47. The molecule has 11 heavy (non-hydrogen) atoms. The zero-order valence-electron chi connectivity index (χ0n) is 6.06. The number of aliphatic hydroxyl groups excluding tert-OH is 1. The van der Waals surface area contributed by atoms with Gasteiger partial charge in [-0.15, -0.1) is 11.3 Å². The number of aliphatic hydroxyl groups is 1. The van der Waals surface area contributed by atoms with E-state index in [2.05, 4.69) is 9.97 Å². The SMILES string of the molecule is CO.c1cnc2cscc2n1. The molecular weight excluding hydrogens is 160 g/mol. The molecule has 0 bridgehead atoms. The first kappa shape index (κ1) is 8.10. The molecule has 0 fully saturated rings. The maximum absolute atomic E-state index is 7.00. The molecule has 0 spiro atoms. The molecule has 58 valence electrons. The smallest absolute Gasteiger partial charge is 0.0993 e. The molecule has 0 aromatic carbocycles. The van der Waals surface area contributed by atoms with Gasteiger partial charge in [0.25, 0.3) is 0 Å². The Kier molecular flexibility index (Phi) is 2.95. The van der Waals surface area contributed by atoms with Crippen molar-refractivity contribution >= 4 is 22.4 Å². The molecule has 0 saturated heterocycles. The van der Waals surface area contributed by atoms with Crippen LogP contribution < -0.4 is 0 Å². The van der Waals surface area contributed by atoms with E-state index < -0.39 is 0 Å². The molecular formula is C7H8N2OS. The lowest BCUT2D eigenvalue weighted by Gasteiger charge is -1.81. The Morgan fingerprint density at radius 2 is 1.55 bits per heavy atom. The van der Waals surface area contributed by atoms with E-state index in [0.29, 0.717) is 0 Å². The summed E-state index contributed by atoms with van der Waals surface area (Å²) in [6, 6.07) is 0. The number of fused-ring (bicyclic) bond motifs is 1. The standard InChI is InChI=1S/C6H4N2S.CH4O/c1-2-8-6-4-9-3-5(6)7-1;1-2/h1-4H;2H,1H3. The number of rotatable bonds is 0. The summed E-state index contributed by atoms with van der Waals surface area (Å²) in [5.41, 5.74) is 1.98. The van der Waals surface area contributed by atoms with Crippen LogP contribution in [0.4, 0.5) is 0 Å². The van der Waals surface area contributed by atoms with Crippen LogP contribution in [0.2, 0.25) is 0 Å². The van der Waals surface area contributed by atoms with Gasteiger partial charge in [0.2, 0.25) is 0 Å². The van der Waals surface area contributed by atoms with Gasteiger partial charge in [0.1, 0.15) is 0 Å². The van der Waals surface area contributed by atoms with Crippen molar-refractivity contribution in [3.8, 4) is 0 Å². The average Bonchev–Trinajstić information content (AvgIpc) is 2.55. The minimum absolute atomic E-state index is 0.988. The Morgan fingerprint density at radius 1 is 1.09 bits per heavy atom. The summed E-state index contributed by atoms with van der Waals surface area (Å²) >= 11 is 1.63. The van der Waals surface area contributed by atoms with Crippen molar-refractivity contribution in [1.29, 1.82) is 0 Å². The molecule has 0 aliphatic heterocycles. The summed E-state index contributed by atoms with van der Waals surface area (Å²) in [6.07, 6.45) is 3.41. The highest BCUT2D eigenvalue weighted by Crippen LogP contribution is 2.11. The summed E-state index contributed by atoms with van der Waals surface area (Å²) in [6.45, 7) is 0. The Labute approximate surface area is 68.4 Å². The lowest BCUT2D eigenvalue weighted by atomic mass is 10.5. The van der Waals surface area contributed by atoms with Crippen molar-refractivity contribution in [3.05, 3.63) is 23.2 Å². The maximum Gasteiger partial charge on any atom is 0.0993 e. The van der Waals surface area contributed by atoms with Crippen LogP contribution in [0.15, 0.2) is 23.2 Å². The summed E-state index contributed by atoms with van der Waals surface area (Å²) < 4.78 is 0. The molecule has 0 amide bonds. The summed E-state index contributed by atoms with van der Waals surface area (Å²) in [7, 11) is 1.00. The highest BCUT2D eigenvalue weighted by molar-refractivity contribution is 7.09. The van der Waals surface area contributed by atoms with Crippen molar-refractivity contribution in [3.63, 3.8) is 0 Å². The van der Waals surface area contributed by atoms with Crippen LogP contribution in [0.5, 0.6) is 0 Å². The van der Waals surface area contributed by atoms with E-state index in [4.69, 9.17) is 5.11 Å². The van der Waals surface area contributed by atoms with Crippen molar-refractivity contribution in [2.75, 3.05) is 7.11 Å². The molecule has 2 aromatic heterocycles. The predicted molar refractivity (Wildman–Crippen MR) is 45.6 cm³/mol. The highest BCUT2D eigenvalue weighted by atomic mass is 32.1. The third-order valence-corrected chi connectivity index (χ3v) is 1.83. The fraction of sp³-hybridized carbons (Fsp3) is 0.143. The molecule has 0 aliphatic rings. The van der Waals surface area contributed by atoms with Gasteiger partial charge in [0.05, 0.1) is 11.0 Å². The van der Waals surface area contributed by atoms with Gasteiger partial charge in [-0.05, 0) is 0 Å². The number of hydrogen-bond acceptors (Lipinski definition) is 4. The van der Waals surface area contributed by atoms with Crippen LogP contribution in [0.25, 0.3) is 11.0 Å². The Balaban J connectivity index is 0.000000281. The van der Waals surface area contributed by atoms with E-state index in [1.54, 1.807) is 23.7 Å². The topological polar surface area (TPSA) is 46.0 Å². The molecule has 3 nitrogen and oxygen atoms in total. The van der Waals surface area contributed by atoms with Crippen LogP contribution in [-0.2, 0) is 0 Å². The van der Waals surface area contributed by atoms with Gasteiger partial charge >= 0.3 is 0 Å². The van der Waals surface area contributed by atoms with Crippen molar-refractivity contribution in [1.82, 2.24) is 9.97 Å². The zero-order valence-corrected chi connectivity index (χ0v) is 6.88. The van der Waals surface area contributed by atoms with E-state index in [0.717, 1.165) is 18.1 Å². The quantitative estimate of drug-likeness (QED) is 0.645. The fourth-order valence-corrected chi connectivity index (χ4v) is 1.39. The second-order valence-corrected chi connectivity index (χ2v) is 2.44. The minimum atomic E-state index is 0.988. The first-order valence-electron chi connectivity index (χ1n) is 3.04. The number of aromatic nitrogens is 2. The van der Waals surface area contributed by atoms with Gasteiger partial charge in [-0.2, -0.15) is 0 Å². The number of nitrogens with zero attached hydrogens (tertiary/aromatic N) is 2. The van der Waals surface area contributed by atoms with Gasteiger partial charge < -0.3 is 5.11 Å². The van der Waals surface area contributed by atoms with Gasteiger partial charge in [-0.1, -0.05) is 0 Å². The number of thiophene rings is 1. The zero-order chi connectivity index (χ0) is 8.10. The van der Waals surface area contributed by atoms with Gasteiger partial charge in [0.15, 0.2) is 0 Å². The molecule has 2 heterocycles. The Morgan fingerprint density at radius 3 is 2.00 bits per heavy atom. The molecule has 0 unspecified atom stereocenters. The van der Waals surface area contributed by atoms with Crippen LogP contribution in [-0.4, -0.2) is 22.2 Å². The Bertz CT molecular complexity index is 290. The maximum atomic E-state index is 7.00. The van der Waals surface area contributed by atoms with Gasteiger partial charge in [-0.3, -0.25) is 9.97 Å². The van der Waals surface area contributed by atoms with Crippen LogP contribution in [0, 0.1) is 0 Å². The van der Waals surface area contributed by atoms with Gasteiger partial charge in [0, 0.05) is 30.3 Å². The van der Waals surface area contributed by atoms with Crippen LogP contribution in [0.1, 0.15) is 0 Å². The second-order valence-electron chi connectivity index (χ2n) is 1.70. The van der Waals surface area contributed by atoms with E-state index >= 15 is 0 Å². The van der Waals surface area contributed by atoms with Crippen molar-refractivity contribution < 1.29 is 5.11 Å². The van der Waals surface area contributed by atoms with Crippen molar-refractivity contribution in [2.45, 2.75) is 0 Å². The second kappa shape index (κ2) is 4.00. The lowest BCUT2D eigenvalue weighted by Crippen LogP contribution is -1.73. The minimum Gasteiger partial charge on any atom is -0.400 e. The normalized spacial score (nSPS) is 8.91. The summed E-state index contributed by atoms with van der Waals surface area (Å²) in [5, 5.41) is 11.0. The molecule has 0 radical (unpaired) electrons. The van der Waals surface area contributed by atoms with Crippen LogP contribution in [0.3, 0.4) is 0 Å². The Hall–Kier alpha value is -1.00. The third kappa shape index (κ3) is 1.72. The fourth-order valence-electron chi connectivity index (χ4n) is 0.704. The van der Waals surface area contributed by atoms with E-state index in [1.165, 1.54) is 0 Å². The highest BCUT2D eigenvalue weighted by Gasteiger charge is 1.90. The van der Waals surface area contributed by atoms with E-state index in [9.17, 15) is 0 Å². The first-order valence-corrected chi connectivity index (χ1v) is 3.99. The van der Waals surface area contributed by atoms with Crippen LogP contribution >= 0.6 is 11.3 Å². The molecule has 0 aliphatic carbocycles. The molecule has 0 atom stereocenters. The number of hydrogen-bond donors (Lipinski definition) is 1. The molecule has 2 rings (SSSR count). The molecule has 4 heteroatoms. The molecule has 2 aromatic rings. The third-order valence-electron chi connectivity index (χ3n) is 1.12. The predicted octanol–water partition coefficient (Wildman–Crippen LogP) is 1.30. The molecule has 0 saturated carbocycles. The monoisotopic (exact) mass is 168 g/mol. The molecule has 1 N–H and O–H groups in total. The summed E-state index contributed by atoms with van der Waals surface area (Å²) in [5.74, 6) is 0. The van der Waals surface area contributed by atoms with E-state index in [1.807, 2.05) is 10.8 Å². The van der Waals surface area contributed by atoms with E-state index in [-0.39, 0.29) is 0 Å². The van der Waals surface area contributed by atoms with Crippen molar-refractivity contribution in [2.24, 2.45) is 0 Å². The van der Waals surface area contributed by atoms with Gasteiger partial charge in [-0.25, -0.2) is 0 Å². The largest absolute Gasteiger partial charge is 0.400 e. The summed E-state index contributed by atoms with van der Waals surface area (Å²) in [4.78, 5) is 8.18. The average molecular weight is 168 g/mol.